The van der Waals surface area contributed by atoms with Crippen LogP contribution >= 0.6 is 0 Å². The summed E-state index contributed by atoms with van der Waals surface area (Å²) in [6.07, 6.45) is 5.55. The van der Waals surface area contributed by atoms with Crippen molar-refractivity contribution in [2.24, 2.45) is 5.41 Å². The number of aromatic nitrogens is 3. The molecule has 0 atom stereocenters. The fourth-order valence-corrected chi connectivity index (χ4v) is 3.34. The number of carbonyl (C=O) groups is 2. The van der Waals surface area contributed by atoms with Crippen LogP contribution in [0.1, 0.15) is 46.3 Å². The summed E-state index contributed by atoms with van der Waals surface area (Å²) >= 11 is 0. The molecule has 136 valence electrons. The maximum absolute atomic E-state index is 11.7. The van der Waals surface area contributed by atoms with Gasteiger partial charge in [0.15, 0.2) is 11.4 Å². The van der Waals surface area contributed by atoms with Crippen LogP contribution in [0.4, 0.5) is 5.82 Å². The van der Waals surface area contributed by atoms with Crippen LogP contribution in [-0.2, 0) is 11.3 Å². The lowest BCUT2D eigenvalue weighted by molar-refractivity contribution is 0.0519. The third kappa shape index (κ3) is 3.02. The van der Waals surface area contributed by atoms with Crippen LogP contribution in [0.2, 0.25) is 0 Å². The van der Waals surface area contributed by atoms with E-state index in [1.54, 1.807) is 23.8 Å². The first-order valence-electron chi connectivity index (χ1n) is 8.67. The molecule has 0 amide bonds. The molecule has 4 rings (SSSR count). The molecule has 8 heteroatoms. The van der Waals surface area contributed by atoms with E-state index in [9.17, 15) is 14.7 Å². The van der Waals surface area contributed by atoms with Gasteiger partial charge in [0.05, 0.1) is 19.5 Å². The third-order valence-corrected chi connectivity index (χ3v) is 4.97. The number of carbonyl (C=O) groups excluding carboxylic acids is 1. The molecule has 0 aromatic carbocycles. The lowest BCUT2D eigenvalue weighted by Crippen LogP contribution is -2.49. The number of aromatic carboxylic acids is 1. The van der Waals surface area contributed by atoms with E-state index >= 15 is 0 Å². The van der Waals surface area contributed by atoms with Crippen LogP contribution in [0.3, 0.4) is 0 Å². The van der Waals surface area contributed by atoms with Gasteiger partial charge < -0.3 is 19.3 Å². The second-order valence-electron chi connectivity index (χ2n) is 6.99. The highest BCUT2D eigenvalue weighted by atomic mass is 16.5. The first-order chi connectivity index (χ1) is 12.5. The molecule has 2 fully saturated rings. The van der Waals surface area contributed by atoms with Gasteiger partial charge >= 0.3 is 11.9 Å². The van der Waals surface area contributed by atoms with Crippen molar-refractivity contribution in [3.8, 4) is 0 Å². The van der Waals surface area contributed by atoms with Crippen LogP contribution in [0, 0.1) is 5.41 Å². The third-order valence-electron chi connectivity index (χ3n) is 4.97. The molecule has 0 unspecified atom stereocenters. The highest BCUT2D eigenvalue weighted by Gasteiger charge is 2.52. The SMILES string of the molecule is CCOC(=O)c1cn(Cc2ccc(N3CC4(CC4)C3)nc2C(=O)O)cn1. The Kier molecular flexibility index (Phi) is 3.90. The number of hydrogen-bond acceptors (Lipinski definition) is 6. The molecule has 1 N–H and O–H groups in total. The summed E-state index contributed by atoms with van der Waals surface area (Å²) in [4.78, 5) is 33.8. The summed E-state index contributed by atoms with van der Waals surface area (Å²) in [6, 6.07) is 3.65. The summed E-state index contributed by atoms with van der Waals surface area (Å²) in [7, 11) is 0. The number of carboxylic acids is 1. The zero-order valence-corrected chi connectivity index (χ0v) is 14.5. The Labute approximate surface area is 150 Å². The van der Waals surface area contributed by atoms with E-state index in [4.69, 9.17) is 4.74 Å². The van der Waals surface area contributed by atoms with Crippen LogP contribution in [-0.4, -0.2) is 51.3 Å². The number of anilines is 1. The van der Waals surface area contributed by atoms with E-state index in [-0.39, 0.29) is 24.5 Å². The van der Waals surface area contributed by atoms with Gasteiger partial charge in [-0.05, 0) is 25.8 Å². The molecule has 26 heavy (non-hydrogen) atoms. The van der Waals surface area contributed by atoms with Crippen LogP contribution in [0.25, 0.3) is 0 Å². The average Bonchev–Trinajstić information content (AvgIpc) is 3.26. The predicted molar refractivity (Wildman–Crippen MR) is 92.4 cm³/mol. The van der Waals surface area contributed by atoms with E-state index in [1.165, 1.54) is 19.2 Å². The van der Waals surface area contributed by atoms with Crippen molar-refractivity contribution in [3.63, 3.8) is 0 Å². The summed E-state index contributed by atoms with van der Waals surface area (Å²) in [5, 5.41) is 9.54. The van der Waals surface area contributed by atoms with Gasteiger partial charge in [-0.1, -0.05) is 6.07 Å². The molecule has 1 aliphatic carbocycles. The second-order valence-corrected chi connectivity index (χ2v) is 6.99. The van der Waals surface area contributed by atoms with Gasteiger partial charge in [-0.2, -0.15) is 0 Å². The highest BCUT2D eigenvalue weighted by Crippen LogP contribution is 2.53. The summed E-state index contributed by atoms with van der Waals surface area (Å²) in [5.74, 6) is -0.847. The second kappa shape index (κ2) is 6.12. The van der Waals surface area contributed by atoms with Gasteiger partial charge in [0.25, 0.3) is 0 Å². The van der Waals surface area contributed by atoms with Crippen molar-refractivity contribution in [2.45, 2.75) is 26.3 Å². The molecule has 2 aliphatic rings. The molecule has 1 spiro atoms. The maximum atomic E-state index is 11.7. The lowest BCUT2D eigenvalue weighted by Gasteiger charge is -2.41. The molecule has 3 heterocycles. The number of pyridine rings is 1. The fraction of sp³-hybridized carbons (Fsp3) is 0.444. The number of nitrogens with zero attached hydrogens (tertiary/aromatic N) is 4. The minimum Gasteiger partial charge on any atom is -0.476 e. The monoisotopic (exact) mass is 356 g/mol. The van der Waals surface area contributed by atoms with Crippen molar-refractivity contribution in [1.82, 2.24) is 14.5 Å². The number of hydrogen-bond donors (Lipinski definition) is 1. The van der Waals surface area contributed by atoms with Gasteiger partial charge in [0, 0.05) is 30.3 Å². The van der Waals surface area contributed by atoms with Gasteiger partial charge in [-0.3, -0.25) is 0 Å². The largest absolute Gasteiger partial charge is 0.476 e. The molecule has 2 aromatic heterocycles. The number of esters is 1. The first-order valence-corrected chi connectivity index (χ1v) is 8.67. The van der Waals surface area contributed by atoms with Gasteiger partial charge in [0.2, 0.25) is 0 Å². The molecule has 1 aliphatic heterocycles. The smallest absolute Gasteiger partial charge is 0.358 e. The summed E-state index contributed by atoms with van der Waals surface area (Å²) in [6.45, 7) is 4.19. The van der Waals surface area contributed by atoms with Crippen molar-refractivity contribution < 1.29 is 19.4 Å². The van der Waals surface area contributed by atoms with E-state index < -0.39 is 11.9 Å². The summed E-state index contributed by atoms with van der Waals surface area (Å²) < 4.78 is 6.56. The van der Waals surface area contributed by atoms with Crippen molar-refractivity contribution in [2.75, 3.05) is 24.6 Å². The zero-order valence-electron chi connectivity index (χ0n) is 14.5. The van der Waals surface area contributed by atoms with E-state index in [1.807, 2.05) is 6.07 Å². The maximum Gasteiger partial charge on any atom is 0.358 e. The molecule has 0 bridgehead atoms. The minimum atomic E-state index is -1.06. The van der Waals surface area contributed by atoms with Crippen LogP contribution < -0.4 is 4.90 Å². The first kappa shape index (κ1) is 16.6. The van der Waals surface area contributed by atoms with Gasteiger partial charge in [-0.25, -0.2) is 19.6 Å². The van der Waals surface area contributed by atoms with Crippen LogP contribution in [0.5, 0.6) is 0 Å². The number of carboxylic acid groups (broad SMARTS) is 1. The Bertz CT molecular complexity index is 864. The topological polar surface area (TPSA) is 97.6 Å². The quantitative estimate of drug-likeness (QED) is 0.788. The van der Waals surface area contributed by atoms with Gasteiger partial charge in [-0.15, -0.1) is 0 Å². The zero-order chi connectivity index (χ0) is 18.3. The molecule has 0 radical (unpaired) electrons. The van der Waals surface area contributed by atoms with Crippen LogP contribution in [0.15, 0.2) is 24.7 Å². The molecular weight excluding hydrogens is 336 g/mol. The number of imidazole rings is 1. The molecule has 2 aromatic rings. The molecule has 1 saturated heterocycles. The molecule has 1 saturated carbocycles. The predicted octanol–water partition coefficient (Wildman–Crippen LogP) is 1.80. The standard InChI is InChI=1S/C18H20N4O4/c1-2-26-17(25)13-8-21(11-19-13)7-12-3-4-14(20-15(12)16(23)24)22-9-18(10-22)5-6-18/h3-4,8,11H,2,5-7,9-10H2,1H3,(H,23,24). The van der Waals surface area contributed by atoms with E-state index in [0.717, 1.165) is 13.1 Å². The van der Waals surface area contributed by atoms with E-state index in [0.29, 0.717) is 16.8 Å². The number of ether oxygens (including phenoxy) is 1. The Morgan fingerprint density at radius 2 is 2.08 bits per heavy atom. The summed E-state index contributed by atoms with van der Waals surface area (Å²) in [5.41, 5.74) is 1.27. The average molecular weight is 356 g/mol. The normalized spacial score (nSPS) is 17.0. The van der Waals surface area contributed by atoms with Crippen molar-refractivity contribution in [3.05, 3.63) is 41.6 Å². The van der Waals surface area contributed by atoms with Crippen molar-refractivity contribution in [1.29, 1.82) is 0 Å². The molecule has 8 nitrogen and oxygen atoms in total. The fourth-order valence-electron chi connectivity index (χ4n) is 3.34. The number of rotatable bonds is 6. The Balaban J connectivity index is 1.52. The lowest BCUT2D eigenvalue weighted by atomic mass is 9.97. The van der Waals surface area contributed by atoms with Gasteiger partial charge in [0.1, 0.15) is 5.82 Å². The molecular formula is C18H20N4O4. The highest BCUT2D eigenvalue weighted by molar-refractivity contribution is 5.88. The Morgan fingerprint density at radius 1 is 1.31 bits per heavy atom. The Morgan fingerprint density at radius 3 is 2.73 bits per heavy atom. The van der Waals surface area contributed by atoms with E-state index in [2.05, 4.69) is 14.9 Å². The van der Waals surface area contributed by atoms with Crippen molar-refractivity contribution >= 4 is 17.8 Å². The minimum absolute atomic E-state index is 0.0330. The Hall–Kier alpha value is -2.90.